The van der Waals surface area contributed by atoms with E-state index in [4.69, 9.17) is 23.2 Å². The van der Waals surface area contributed by atoms with Crippen molar-refractivity contribution >= 4 is 28.9 Å². The fourth-order valence-electron chi connectivity index (χ4n) is 1.65. The summed E-state index contributed by atoms with van der Waals surface area (Å²) < 4.78 is 13.1. The van der Waals surface area contributed by atoms with E-state index in [2.05, 4.69) is 5.32 Å². The molecule has 0 amide bonds. The van der Waals surface area contributed by atoms with Crippen LogP contribution in [0.2, 0.25) is 10.0 Å². The van der Waals surface area contributed by atoms with Gasteiger partial charge in [0.1, 0.15) is 5.82 Å². The van der Waals surface area contributed by atoms with Crippen molar-refractivity contribution in [3.8, 4) is 0 Å². The highest BCUT2D eigenvalue weighted by molar-refractivity contribution is 6.36. The van der Waals surface area contributed by atoms with E-state index in [1.807, 2.05) is 6.92 Å². The fraction of sp³-hybridized carbons (Fsp3) is 0.143. The lowest BCUT2D eigenvalue weighted by atomic mass is 10.1. The van der Waals surface area contributed by atoms with Crippen molar-refractivity contribution < 1.29 is 4.39 Å². The molecular formula is C14H12Cl2FN. The maximum Gasteiger partial charge on any atom is 0.123 e. The number of nitrogens with one attached hydrogen (secondary N) is 1. The summed E-state index contributed by atoms with van der Waals surface area (Å²) >= 11 is 11.9. The van der Waals surface area contributed by atoms with Gasteiger partial charge in [-0.1, -0.05) is 29.3 Å². The van der Waals surface area contributed by atoms with Crippen molar-refractivity contribution in [2.24, 2.45) is 0 Å². The summed E-state index contributed by atoms with van der Waals surface area (Å²) in [5.74, 6) is -0.236. The van der Waals surface area contributed by atoms with E-state index >= 15 is 0 Å². The van der Waals surface area contributed by atoms with Crippen molar-refractivity contribution in [1.29, 1.82) is 0 Å². The Bertz CT molecular complexity index is 570. The number of benzene rings is 2. The molecule has 0 unspecified atom stereocenters. The minimum absolute atomic E-state index is 0.236. The zero-order chi connectivity index (χ0) is 13.1. The van der Waals surface area contributed by atoms with Gasteiger partial charge in [0.05, 0.1) is 10.7 Å². The Labute approximate surface area is 116 Å². The standard InChI is InChI=1S/C14H12Cl2FN/c1-9-2-4-12(17)6-10(9)8-18-14-5-3-11(15)7-13(14)16/h2-7,18H,8H2,1H3. The number of anilines is 1. The summed E-state index contributed by atoms with van der Waals surface area (Å²) in [6.45, 7) is 2.46. The minimum atomic E-state index is -0.236. The van der Waals surface area contributed by atoms with Gasteiger partial charge in [0.15, 0.2) is 0 Å². The molecule has 2 aromatic rings. The first kappa shape index (κ1) is 13.2. The number of halogens is 3. The van der Waals surface area contributed by atoms with Gasteiger partial charge in [-0.3, -0.25) is 0 Å². The third-order valence-electron chi connectivity index (χ3n) is 2.71. The maximum atomic E-state index is 13.1. The summed E-state index contributed by atoms with van der Waals surface area (Å²) in [7, 11) is 0. The summed E-state index contributed by atoms with van der Waals surface area (Å²) in [4.78, 5) is 0. The van der Waals surface area contributed by atoms with Crippen LogP contribution in [0.4, 0.5) is 10.1 Å². The van der Waals surface area contributed by atoms with Crippen LogP contribution in [0.1, 0.15) is 11.1 Å². The molecule has 0 saturated carbocycles. The van der Waals surface area contributed by atoms with Gasteiger partial charge >= 0.3 is 0 Å². The molecule has 0 aromatic heterocycles. The summed E-state index contributed by atoms with van der Waals surface area (Å²) in [5, 5.41) is 4.31. The Morgan fingerprint density at radius 3 is 2.61 bits per heavy atom. The molecule has 2 aromatic carbocycles. The molecule has 18 heavy (non-hydrogen) atoms. The van der Waals surface area contributed by atoms with Crippen molar-refractivity contribution in [2.75, 3.05) is 5.32 Å². The number of rotatable bonds is 3. The first-order valence-electron chi connectivity index (χ1n) is 5.50. The molecule has 94 valence electrons. The third-order valence-corrected chi connectivity index (χ3v) is 3.26. The Hall–Kier alpha value is -1.25. The molecule has 0 aliphatic rings. The first-order chi connectivity index (χ1) is 8.56. The molecule has 0 atom stereocenters. The minimum Gasteiger partial charge on any atom is -0.380 e. The van der Waals surface area contributed by atoms with E-state index in [-0.39, 0.29) is 5.82 Å². The molecule has 4 heteroatoms. The van der Waals surface area contributed by atoms with E-state index < -0.39 is 0 Å². The number of hydrogen-bond donors (Lipinski definition) is 1. The topological polar surface area (TPSA) is 12.0 Å². The molecule has 0 fully saturated rings. The van der Waals surface area contributed by atoms with Crippen molar-refractivity contribution in [3.63, 3.8) is 0 Å². The molecule has 0 heterocycles. The molecular weight excluding hydrogens is 272 g/mol. The molecule has 0 aliphatic heterocycles. The lowest BCUT2D eigenvalue weighted by molar-refractivity contribution is 0.625. The van der Waals surface area contributed by atoms with Crippen LogP contribution in [0, 0.1) is 12.7 Å². The quantitative estimate of drug-likeness (QED) is 0.831. The molecule has 0 spiro atoms. The lowest BCUT2D eigenvalue weighted by Crippen LogP contribution is -2.02. The van der Waals surface area contributed by atoms with Gasteiger partial charge < -0.3 is 5.32 Å². The predicted molar refractivity (Wildman–Crippen MR) is 74.9 cm³/mol. The molecule has 2 rings (SSSR count). The van der Waals surface area contributed by atoms with E-state index in [0.717, 1.165) is 16.8 Å². The van der Waals surface area contributed by atoms with Gasteiger partial charge in [0.2, 0.25) is 0 Å². The average Bonchev–Trinajstić information content (AvgIpc) is 2.32. The highest BCUT2D eigenvalue weighted by Gasteiger charge is 2.03. The Balaban J connectivity index is 2.13. The number of aryl methyl sites for hydroxylation is 1. The largest absolute Gasteiger partial charge is 0.380 e. The van der Waals surface area contributed by atoms with E-state index in [0.29, 0.717) is 16.6 Å². The van der Waals surface area contributed by atoms with Crippen LogP contribution in [-0.2, 0) is 6.54 Å². The Kier molecular flexibility index (Phi) is 4.10. The van der Waals surface area contributed by atoms with Gasteiger partial charge in [-0.05, 0) is 48.4 Å². The fourth-order valence-corrected chi connectivity index (χ4v) is 2.13. The highest BCUT2D eigenvalue weighted by atomic mass is 35.5. The monoisotopic (exact) mass is 283 g/mol. The Morgan fingerprint density at radius 1 is 1.11 bits per heavy atom. The molecule has 0 bridgehead atoms. The third kappa shape index (κ3) is 3.15. The summed E-state index contributed by atoms with van der Waals surface area (Å²) in [5.41, 5.74) is 2.72. The van der Waals surface area contributed by atoms with E-state index in [1.165, 1.54) is 12.1 Å². The predicted octanol–water partition coefficient (Wildman–Crippen LogP) is 5.05. The van der Waals surface area contributed by atoms with Crippen LogP contribution in [0.25, 0.3) is 0 Å². The first-order valence-corrected chi connectivity index (χ1v) is 6.26. The lowest BCUT2D eigenvalue weighted by Gasteiger charge is -2.10. The van der Waals surface area contributed by atoms with E-state index in [1.54, 1.807) is 24.3 Å². The molecule has 0 radical (unpaired) electrons. The summed E-state index contributed by atoms with van der Waals surface area (Å²) in [6, 6.07) is 9.97. The van der Waals surface area contributed by atoms with Crippen LogP contribution < -0.4 is 5.32 Å². The smallest absolute Gasteiger partial charge is 0.123 e. The molecule has 1 nitrogen and oxygen atoms in total. The molecule has 0 aliphatic carbocycles. The highest BCUT2D eigenvalue weighted by Crippen LogP contribution is 2.26. The van der Waals surface area contributed by atoms with Gasteiger partial charge in [0.25, 0.3) is 0 Å². The van der Waals surface area contributed by atoms with Crippen molar-refractivity contribution in [1.82, 2.24) is 0 Å². The van der Waals surface area contributed by atoms with Crippen molar-refractivity contribution in [2.45, 2.75) is 13.5 Å². The zero-order valence-corrected chi connectivity index (χ0v) is 11.3. The Morgan fingerprint density at radius 2 is 1.89 bits per heavy atom. The van der Waals surface area contributed by atoms with Crippen molar-refractivity contribution in [3.05, 3.63) is 63.4 Å². The van der Waals surface area contributed by atoms with Crippen LogP contribution in [0.5, 0.6) is 0 Å². The summed E-state index contributed by atoms with van der Waals surface area (Å²) in [6.07, 6.45) is 0. The van der Waals surface area contributed by atoms with Crippen LogP contribution >= 0.6 is 23.2 Å². The normalized spacial score (nSPS) is 10.4. The second-order valence-corrected chi connectivity index (χ2v) is 4.89. The molecule has 0 saturated heterocycles. The van der Waals surface area contributed by atoms with Gasteiger partial charge in [-0.15, -0.1) is 0 Å². The van der Waals surface area contributed by atoms with Crippen LogP contribution in [0.15, 0.2) is 36.4 Å². The second kappa shape index (κ2) is 5.59. The number of hydrogen-bond acceptors (Lipinski definition) is 1. The van der Waals surface area contributed by atoms with Gasteiger partial charge in [-0.2, -0.15) is 0 Å². The second-order valence-electron chi connectivity index (χ2n) is 4.05. The zero-order valence-electron chi connectivity index (χ0n) is 9.81. The average molecular weight is 284 g/mol. The van der Waals surface area contributed by atoms with Gasteiger partial charge in [0, 0.05) is 11.6 Å². The SMILES string of the molecule is Cc1ccc(F)cc1CNc1ccc(Cl)cc1Cl. The van der Waals surface area contributed by atoms with Crippen LogP contribution in [-0.4, -0.2) is 0 Å². The van der Waals surface area contributed by atoms with E-state index in [9.17, 15) is 4.39 Å². The maximum absolute atomic E-state index is 13.1. The van der Waals surface area contributed by atoms with Crippen LogP contribution in [0.3, 0.4) is 0 Å². The van der Waals surface area contributed by atoms with Gasteiger partial charge in [-0.25, -0.2) is 4.39 Å². The molecule has 1 N–H and O–H groups in total.